The van der Waals surface area contributed by atoms with Gasteiger partial charge in [-0.3, -0.25) is 0 Å². The Labute approximate surface area is 117 Å². The van der Waals surface area contributed by atoms with Crippen molar-refractivity contribution in [2.45, 2.75) is 18.7 Å². The Morgan fingerprint density at radius 1 is 1.47 bits per heavy atom. The van der Waals surface area contributed by atoms with Crippen molar-refractivity contribution in [3.05, 3.63) is 23.0 Å². The fourth-order valence-corrected chi connectivity index (χ4v) is 1.91. The largest absolute Gasteiger partial charge is 0.491 e. The van der Waals surface area contributed by atoms with Gasteiger partial charge in [-0.25, -0.2) is 4.98 Å². The number of nitrogens with two attached hydrogens (primary N) is 1. The molecule has 96 valence electrons. The summed E-state index contributed by atoms with van der Waals surface area (Å²) in [5.41, 5.74) is 6.66. The van der Waals surface area contributed by atoms with Gasteiger partial charge in [0, 0.05) is 17.5 Å². The highest BCUT2D eigenvalue weighted by atomic mass is 35.5. The van der Waals surface area contributed by atoms with Gasteiger partial charge in [0.2, 0.25) is 0 Å². The zero-order valence-corrected chi connectivity index (χ0v) is 11.6. The van der Waals surface area contributed by atoms with Crippen molar-refractivity contribution < 1.29 is 4.74 Å². The Kier molecular flexibility index (Phi) is 5.32. The molecule has 1 saturated carbocycles. The Morgan fingerprint density at radius 2 is 2.18 bits per heavy atom. The summed E-state index contributed by atoms with van der Waals surface area (Å²) in [6.45, 7) is 1.32. The first-order valence-corrected chi connectivity index (χ1v) is 6.14. The van der Waals surface area contributed by atoms with Crippen LogP contribution < -0.4 is 10.5 Å². The van der Waals surface area contributed by atoms with E-state index in [2.05, 4.69) is 4.98 Å². The first-order valence-electron chi connectivity index (χ1n) is 5.22. The number of rotatable bonds is 5. The van der Waals surface area contributed by atoms with E-state index >= 15 is 0 Å². The normalized spacial score (nSPS) is 16.2. The van der Waals surface area contributed by atoms with Crippen molar-refractivity contribution in [3.8, 4) is 5.75 Å². The topological polar surface area (TPSA) is 48.1 Å². The van der Waals surface area contributed by atoms with Crippen LogP contribution in [-0.2, 0) is 5.88 Å². The van der Waals surface area contributed by atoms with E-state index in [0.29, 0.717) is 29.9 Å². The van der Waals surface area contributed by atoms with Gasteiger partial charge in [0.1, 0.15) is 10.9 Å². The lowest BCUT2D eigenvalue weighted by Gasteiger charge is -2.14. The molecule has 3 nitrogen and oxygen atoms in total. The minimum Gasteiger partial charge on any atom is -0.491 e. The van der Waals surface area contributed by atoms with E-state index in [1.54, 1.807) is 6.20 Å². The molecule has 1 fully saturated rings. The Morgan fingerprint density at radius 3 is 2.71 bits per heavy atom. The van der Waals surface area contributed by atoms with E-state index in [4.69, 9.17) is 33.7 Å². The van der Waals surface area contributed by atoms with E-state index in [0.717, 1.165) is 18.4 Å². The lowest BCUT2D eigenvalue weighted by Crippen LogP contribution is -2.22. The SMILES string of the molecule is Cl.NCC1(COc2cnc(Cl)c(CCl)c2)CC1. The third kappa shape index (κ3) is 3.62. The summed E-state index contributed by atoms with van der Waals surface area (Å²) < 4.78 is 5.66. The highest BCUT2D eigenvalue weighted by Crippen LogP contribution is 2.44. The van der Waals surface area contributed by atoms with Gasteiger partial charge < -0.3 is 10.5 Å². The zero-order valence-electron chi connectivity index (χ0n) is 9.29. The van der Waals surface area contributed by atoms with Gasteiger partial charge >= 0.3 is 0 Å². The van der Waals surface area contributed by atoms with Crippen LogP contribution in [0, 0.1) is 5.41 Å². The Balaban J connectivity index is 0.00000144. The van der Waals surface area contributed by atoms with Gasteiger partial charge in [-0.1, -0.05) is 11.6 Å². The molecule has 0 unspecified atom stereocenters. The third-order valence-electron chi connectivity index (χ3n) is 2.97. The van der Waals surface area contributed by atoms with Crippen LogP contribution in [0.5, 0.6) is 5.75 Å². The van der Waals surface area contributed by atoms with Crippen LogP contribution >= 0.6 is 35.6 Å². The average Bonchev–Trinajstić information content (AvgIpc) is 3.09. The minimum atomic E-state index is 0. The predicted octanol–water partition coefficient (Wildman–Crippen LogP) is 3.01. The summed E-state index contributed by atoms with van der Waals surface area (Å²) in [6.07, 6.45) is 3.91. The molecule has 0 bridgehead atoms. The molecule has 0 spiro atoms. The highest BCUT2D eigenvalue weighted by Gasteiger charge is 2.42. The Hall–Kier alpha value is -0.220. The minimum absolute atomic E-state index is 0. The molecule has 1 aliphatic rings. The molecule has 2 rings (SSSR count). The van der Waals surface area contributed by atoms with E-state index in [-0.39, 0.29) is 17.8 Å². The van der Waals surface area contributed by atoms with Crippen molar-refractivity contribution in [2.75, 3.05) is 13.2 Å². The molecule has 0 radical (unpaired) electrons. The molecular weight excluding hydrogens is 282 g/mol. The van der Waals surface area contributed by atoms with Crippen LogP contribution in [0.3, 0.4) is 0 Å². The van der Waals surface area contributed by atoms with Gasteiger partial charge in [0.25, 0.3) is 0 Å². The number of halogens is 3. The van der Waals surface area contributed by atoms with E-state index in [1.807, 2.05) is 6.07 Å². The molecule has 0 atom stereocenters. The van der Waals surface area contributed by atoms with Crippen LogP contribution in [0.2, 0.25) is 5.15 Å². The maximum Gasteiger partial charge on any atom is 0.138 e. The lowest BCUT2D eigenvalue weighted by molar-refractivity contribution is 0.238. The summed E-state index contributed by atoms with van der Waals surface area (Å²) in [5.74, 6) is 1.05. The second-order valence-corrected chi connectivity index (χ2v) is 4.87. The highest BCUT2D eigenvalue weighted by molar-refractivity contribution is 6.31. The predicted molar refractivity (Wildman–Crippen MR) is 72.3 cm³/mol. The number of alkyl halides is 1. The molecule has 0 amide bonds. The van der Waals surface area contributed by atoms with Crippen molar-refractivity contribution in [1.29, 1.82) is 0 Å². The van der Waals surface area contributed by atoms with Gasteiger partial charge in [-0.05, 0) is 18.9 Å². The molecule has 1 heterocycles. The fourth-order valence-electron chi connectivity index (χ4n) is 1.46. The van der Waals surface area contributed by atoms with Gasteiger partial charge in [-0.15, -0.1) is 24.0 Å². The molecule has 2 N–H and O–H groups in total. The quantitative estimate of drug-likeness (QED) is 0.671. The number of hydrogen-bond acceptors (Lipinski definition) is 3. The van der Waals surface area contributed by atoms with E-state index in [1.165, 1.54) is 0 Å². The van der Waals surface area contributed by atoms with Crippen LogP contribution in [0.25, 0.3) is 0 Å². The third-order valence-corrected chi connectivity index (χ3v) is 3.59. The summed E-state index contributed by atoms with van der Waals surface area (Å²) >= 11 is 11.6. The van der Waals surface area contributed by atoms with Crippen LogP contribution in [0.4, 0.5) is 0 Å². The molecule has 1 aliphatic carbocycles. The zero-order chi connectivity index (χ0) is 11.6. The molecule has 0 saturated heterocycles. The molecule has 6 heteroatoms. The number of ether oxygens (including phenoxy) is 1. The summed E-state index contributed by atoms with van der Waals surface area (Å²) in [6, 6.07) is 1.83. The number of pyridine rings is 1. The summed E-state index contributed by atoms with van der Waals surface area (Å²) in [5, 5.41) is 0.433. The van der Waals surface area contributed by atoms with Crippen LogP contribution in [0.1, 0.15) is 18.4 Å². The first kappa shape index (κ1) is 14.8. The van der Waals surface area contributed by atoms with Crippen LogP contribution in [0.15, 0.2) is 12.3 Å². The van der Waals surface area contributed by atoms with Gasteiger partial charge in [-0.2, -0.15) is 0 Å². The van der Waals surface area contributed by atoms with Crippen molar-refractivity contribution in [2.24, 2.45) is 11.1 Å². The maximum atomic E-state index is 5.85. The molecule has 0 aliphatic heterocycles. The van der Waals surface area contributed by atoms with E-state index < -0.39 is 0 Å². The van der Waals surface area contributed by atoms with Crippen molar-refractivity contribution in [3.63, 3.8) is 0 Å². The number of aromatic nitrogens is 1. The fraction of sp³-hybridized carbons (Fsp3) is 0.545. The van der Waals surface area contributed by atoms with Gasteiger partial charge in [0.15, 0.2) is 0 Å². The standard InChI is InChI=1S/C11H14Cl2N2O.ClH/c12-4-8-3-9(5-15-10(8)13)16-7-11(6-14)1-2-11;/h3,5H,1-2,4,6-7,14H2;1H. The summed E-state index contributed by atoms with van der Waals surface area (Å²) in [7, 11) is 0. The van der Waals surface area contributed by atoms with E-state index in [9.17, 15) is 0 Å². The second-order valence-electron chi connectivity index (χ2n) is 4.25. The smallest absolute Gasteiger partial charge is 0.138 e. The average molecular weight is 298 g/mol. The molecule has 17 heavy (non-hydrogen) atoms. The van der Waals surface area contributed by atoms with Gasteiger partial charge in [0.05, 0.1) is 18.7 Å². The Bertz CT molecular complexity index is 383. The molecular formula is C11H15Cl3N2O. The van der Waals surface area contributed by atoms with Crippen LogP contribution in [-0.4, -0.2) is 18.1 Å². The molecule has 0 aromatic carbocycles. The van der Waals surface area contributed by atoms with Crippen molar-refractivity contribution in [1.82, 2.24) is 4.98 Å². The van der Waals surface area contributed by atoms with Crippen molar-refractivity contribution >= 4 is 35.6 Å². The monoisotopic (exact) mass is 296 g/mol. The maximum absolute atomic E-state index is 5.85. The lowest BCUT2D eigenvalue weighted by atomic mass is 10.1. The molecule has 1 aromatic heterocycles. The number of hydrogen-bond donors (Lipinski definition) is 1. The second kappa shape index (κ2) is 6.10. The molecule has 1 aromatic rings. The summed E-state index contributed by atoms with van der Waals surface area (Å²) in [4.78, 5) is 4.02. The number of nitrogens with zero attached hydrogens (tertiary/aromatic N) is 1. The first-order chi connectivity index (χ1) is 7.69.